The fourth-order valence-electron chi connectivity index (χ4n) is 2.04. The molecule has 0 spiro atoms. The van der Waals surface area contributed by atoms with E-state index < -0.39 is 10.8 Å². The van der Waals surface area contributed by atoms with Gasteiger partial charge < -0.3 is 5.32 Å². The fraction of sp³-hybridized carbons (Fsp3) is 0.400. The molecule has 4 heteroatoms. The predicted molar refractivity (Wildman–Crippen MR) is 81.6 cm³/mol. The Morgan fingerprint density at radius 1 is 1.37 bits per heavy atom. The van der Waals surface area contributed by atoms with Crippen LogP contribution in [0, 0.1) is 0 Å². The fourth-order valence-corrected chi connectivity index (χ4v) is 2.49. The van der Waals surface area contributed by atoms with E-state index in [4.69, 9.17) is 0 Å². The Kier molecular flexibility index (Phi) is 5.05. The molecule has 0 radical (unpaired) electrons. The lowest BCUT2D eigenvalue weighted by molar-refractivity contribution is 0.630. The number of nitrogens with zero attached hydrogens (tertiary/aromatic N) is 1. The molecule has 0 saturated carbocycles. The van der Waals surface area contributed by atoms with Gasteiger partial charge in [-0.3, -0.25) is 9.19 Å². The molecular weight excluding hydrogens is 256 g/mol. The third-order valence-electron chi connectivity index (χ3n) is 3.38. The third-order valence-corrected chi connectivity index (χ3v) is 4.75. The minimum Gasteiger partial charge on any atom is -0.313 e. The summed E-state index contributed by atoms with van der Waals surface area (Å²) in [6.45, 7) is 3.76. The molecule has 1 N–H and O–H groups in total. The molecule has 1 aromatic heterocycles. The van der Waals surface area contributed by atoms with E-state index in [1.54, 1.807) is 6.26 Å². The highest BCUT2D eigenvalue weighted by atomic mass is 32.2. The Morgan fingerprint density at radius 2 is 2.21 bits per heavy atom. The number of hydrogen-bond donors (Lipinski definition) is 1. The van der Waals surface area contributed by atoms with Gasteiger partial charge in [0.05, 0.1) is 0 Å². The normalized spacial score (nSPS) is 14.4. The number of fused-ring (bicyclic) bond motifs is 1. The highest BCUT2D eigenvalue weighted by Gasteiger charge is 2.05. The maximum Gasteiger partial charge on any atom is 0.0346 e. The van der Waals surface area contributed by atoms with Crippen LogP contribution in [0.1, 0.15) is 18.9 Å². The molecule has 0 aliphatic carbocycles. The molecule has 1 heterocycles. The van der Waals surface area contributed by atoms with E-state index in [0.717, 1.165) is 19.5 Å². The maximum absolute atomic E-state index is 11.3. The van der Waals surface area contributed by atoms with Gasteiger partial charge in [0, 0.05) is 46.6 Å². The van der Waals surface area contributed by atoms with Crippen LogP contribution in [0.25, 0.3) is 10.8 Å². The number of rotatable bonds is 6. The number of benzene rings is 1. The van der Waals surface area contributed by atoms with Gasteiger partial charge in [0.1, 0.15) is 0 Å². The van der Waals surface area contributed by atoms with Crippen LogP contribution in [0.5, 0.6) is 0 Å². The lowest BCUT2D eigenvalue weighted by Crippen LogP contribution is -2.21. The third kappa shape index (κ3) is 3.85. The van der Waals surface area contributed by atoms with Crippen LogP contribution in [0.3, 0.4) is 0 Å². The first-order valence-corrected chi connectivity index (χ1v) is 8.15. The zero-order chi connectivity index (χ0) is 13.7. The van der Waals surface area contributed by atoms with Crippen LogP contribution in [0.4, 0.5) is 0 Å². The first-order chi connectivity index (χ1) is 9.18. The van der Waals surface area contributed by atoms with Crippen molar-refractivity contribution in [1.82, 2.24) is 10.3 Å². The van der Waals surface area contributed by atoms with Crippen molar-refractivity contribution in [3.8, 4) is 0 Å². The molecule has 0 bridgehead atoms. The van der Waals surface area contributed by atoms with Crippen LogP contribution in [-0.4, -0.2) is 27.2 Å². The van der Waals surface area contributed by atoms with Crippen LogP contribution in [-0.2, 0) is 17.3 Å². The van der Waals surface area contributed by atoms with Crippen molar-refractivity contribution in [1.29, 1.82) is 0 Å². The van der Waals surface area contributed by atoms with Crippen LogP contribution < -0.4 is 5.32 Å². The van der Waals surface area contributed by atoms with E-state index in [1.807, 2.05) is 19.3 Å². The monoisotopic (exact) mass is 276 g/mol. The first kappa shape index (κ1) is 14.2. The van der Waals surface area contributed by atoms with E-state index in [1.165, 1.54) is 16.3 Å². The summed E-state index contributed by atoms with van der Waals surface area (Å²) in [5.74, 6) is 0. The van der Waals surface area contributed by atoms with Gasteiger partial charge in [-0.25, -0.2) is 0 Å². The van der Waals surface area contributed by atoms with Crippen LogP contribution in [0.2, 0.25) is 0 Å². The second-order valence-electron chi connectivity index (χ2n) is 4.79. The van der Waals surface area contributed by atoms with E-state index >= 15 is 0 Å². The summed E-state index contributed by atoms with van der Waals surface area (Å²) in [6.07, 6.45) is 6.42. The summed E-state index contributed by atoms with van der Waals surface area (Å²) in [5.41, 5.74) is 1.28. The SMILES string of the molecule is CC(CCNCc1cccc2cnccc12)S(C)=O. The molecule has 0 aliphatic rings. The molecule has 1 aromatic carbocycles. The largest absolute Gasteiger partial charge is 0.313 e. The van der Waals surface area contributed by atoms with Crippen molar-refractivity contribution in [2.45, 2.75) is 25.1 Å². The highest BCUT2D eigenvalue weighted by Crippen LogP contribution is 2.17. The van der Waals surface area contributed by atoms with Gasteiger partial charge in [-0.1, -0.05) is 25.1 Å². The van der Waals surface area contributed by atoms with E-state index in [0.29, 0.717) is 0 Å². The molecule has 0 fully saturated rings. The highest BCUT2D eigenvalue weighted by molar-refractivity contribution is 7.84. The van der Waals surface area contributed by atoms with Crippen molar-refractivity contribution in [2.75, 3.05) is 12.8 Å². The summed E-state index contributed by atoms with van der Waals surface area (Å²) in [7, 11) is -0.729. The molecule has 2 rings (SSSR count). The molecule has 2 unspecified atom stereocenters. The van der Waals surface area contributed by atoms with Crippen molar-refractivity contribution >= 4 is 21.6 Å². The number of aromatic nitrogens is 1. The zero-order valence-electron chi connectivity index (χ0n) is 11.4. The minimum atomic E-state index is -0.729. The van der Waals surface area contributed by atoms with E-state index in [2.05, 4.69) is 34.6 Å². The van der Waals surface area contributed by atoms with Gasteiger partial charge in [0.25, 0.3) is 0 Å². The predicted octanol–water partition coefficient (Wildman–Crippen LogP) is 2.48. The Balaban J connectivity index is 1.93. The van der Waals surface area contributed by atoms with Gasteiger partial charge >= 0.3 is 0 Å². The molecule has 19 heavy (non-hydrogen) atoms. The molecule has 0 saturated heterocycles. The molecule has 0 amide bonds. The summed E-state index contributed by atoms with van der Waals surface area (Å²) in [5, 5.41) is 6.10. The van der Waals surface area contributed by atoms with Crippen molar-refractivity contribution in [3.05, 3.63) is 42.2 Å². The summed E-state index contributed by atoms with van der Waals surface area (Å²) in [4.78, 5) is 4.14. The second kappa shape index (κ2) is 6.78. The lowest BCUT2D eigenvalue weighted by Gasteiger charge is -2.10. The Labute approximate surface area is 116 Å². The minimum absolute atomic E-state index is 0.254. The van der Waals surface area contributed by atoms with Crippen molar-refractivity contribution in [3.63, 3.8) is 0 Å². The average Bonchev–Trinajstić information content (AvgIpc) is 2.43. The quantitative estimate of drug-likeness (QED) is 0.824. The Bertz CT molecular complexity index is 566. The molecule has 2 aromatic rings. The smallest absolute Gasteiger partial charge is 0.0346 e. The standard InChI is InChI=1S/C15H20N2OS/c1-12(19(2)18)6-8-16-10-13-4-3-5-14-11-17-9-7-15(13)14/h3-5,7,9,11-12,16H,6,8,10H2,1-2H3. The Morgan fingerprint density at radius 3 is 3.00 bits per heavy atom. The zero-order valence-corrected chi connectivity index (χ0v) is 12.2. The van der Waals surface area contributed by atoms with Gasteiger partial charge in [0.15, 0.2) is 0 Å². The van der Waals surface area contributed by atoms with Crippen molar-refractivity contribution < 1.29 is 4.21 Å². The van der Waals surface area contributed by atoms with Gasteiger partial charge in [0.2, 0.25) is 0 Å². The average molecular weight is 276 g/mol. The van der Waals surface area contributed by atoms with E-state index in [-0.39, 0.29) is 5.25 Å². The molecule has 102 valence electrons. The molecule has 3 nitrogen and oxygen atoms in total. The summed E-state index contributed by atoms with van der Waals surface area (Å²) >= 11 is 0. The van der Waals surface area contributed by atoms with Crippen LogP contribution >= 0.6 is 0 Å². The molecule has 0 aliphatic heterocycles. The number of nitrogens with one attached hydrogen (secondary N) is 1. The summed E-state index contributed by atoms with van der Waals surface area (Å²) in [6, 6.07) is 8.33. The Hall–Kier alpha value is -1.26. The number of pyridine rings is 1. The van der Waals surface area contributed by atoms with Gasteiger partial charge in [-0.05, 0) is 30.0 Å². The summed E-state index contributed by atoms with van der Waals surface area (Å²) < 4.78 is 11.3. The van der Waals surface area contributed by atoms with Gasteiger partial charge in [-0.2, -0.15) is 0 Å². The second-order valence-corrected chi connectivity index (χ2v) is 6.59. The van der Waals surface area contributed by atoms with Crippen LogP contribution in [0.15, 0.2) is 36.7 Å². The molecule has 2 atom stereocenters. The van der Waals surface area contributed by atoms with Crippen molar-refractivity contribution in [2.24, 2.45) is 0 Å². The maximum atomic E-state index is 11.3. The lowest BCUT2D eigenvalue weighted by atomic mass is 10.1. The van der Waals surface area contributed by atoms with Gasteiger partial charge in [-0.15, -0.1) is 0 Å². The number of hydrogen-bond acceptors (Lipinski definition) is 3. The molecular formula is C15H20N2OS. The van der Waals surface area contributed by atoms with E-state index in [9.17, 15) is 4.21 Å². The first-order valence-electron chi connectivity index (χ1n) is 6.53. The topological polar surface area (TPSA) is 42.0 Å².